The Morgan fingerprint density at radius 3 is 2.50 bits per heavy atom. The first-order valence-corrected chi connectivity index (χ1v) is 7.70. The van der Waals surface area contributed by atoms with Gasteiger partial charge in [-0.1, -0.05) is 19.8 Å². The summed E-state index contributed by atoms with van der Waals surface area (Å²) in [5.41, 5.74) is 0.245. The van der Waals surface area contributed by atoms with E-state index in [9.17, 15) is 0 Å². The number of ether oxygens (including phenoxy) is 1. The number of hydrogen-bond donors (Lipinski definition) is 1. The van der Waals surface area contributed by atoms with E-state index < -0.39 is 0 Å². The first-order valence-electron chi connectivity index (χ1n) is 7.70. The fourth-order valence-electron chi connectivity index (χ4n) is 3.12. The van der Waals surface area contributed by atoms with Gasteiger partial charge in [-0.05, 0) is 39.2 Å². The molecule has 1 aliphatic carbocycles. The molecule has 3 heteroatoms. The molecule has 0 aromatic heterocycles. The molecule has 0 spiro atoms. The van der Waals surface area contributed by atoms with E-state index in [1.165, 1.54) is 25.7 Å². The fraction of sp³-hybridized carbons (Fsp3) is 1.00. The van der Waals surface area contributed by atoms with Gasteiger partial charge in [-0.25, -0.2) is 0 Å². The summed E-state index contributed by atoms with van der Waals surface area (Å²) in [5.74, 6) is 1.03. The van der Waals surface area contributed by atoms with E-state index in [2.05, 4.69) is 31.0 Å². The van der Waals surface area contributed by atoms with E-state index >= 15 is 0 Å². The summed E-state index contributed by atoms with van der Waals surface area (Å²) in [4.78, 5) is 2.61. The number of rotatable bonds is 7. The van der Waals surface area contributed by atoms with Crippen LogP contribution in [0.2, 0.25) is 0 Å². The molecule has 2 aliphatic rings. The van der Waals surface area contributed by atoms with Gasteiger partial charge in [0.1, 0.15) is 0 Å². The predicted molar refractivity (Wildman–Crippen MR) is 75.9 cm³/mol. The summed E-state index contributed by atoms with van der Waals surface area (Å²) < 4.78 is 5.48. The highest BCUT2D eigenvalue weighted by atomic mass is 16.5. The highest BCUT2D eigenvalue weighted by Gasteiger charge is 2.36. The molecule has 2 rings (SSSR count). The lowest BCUT2D eigenvalue weighted by atomic mass is 9.87. The van der Waals surface area contributed by atoms with Crippen molar-refractivity contribution in [3.63, 3.8) is 0 Å². The minimum Gasteiger partial charge on any atom is -0.379 e. The quantitative estimate of drug-likeness (QED) is 0.754. The molecular formula is C15H30N2O. The van der Waals surface area contributed by atoms with Crippen molar-refractivity contribution in [2.75, 3.05) is 32.8 Å². The first kappa shape index (κ1) is 14.3. The lowest BCUT2D eigenvalue weighted by molar-refractivity contribution is -0.0245. The third kappa shape index (κ3) is 3.69. The average molecular weight is 254 g/mol. The molecule has 1 saturated carbocycles. The van der Waals surface area contributed by atoms with Crippen LogP contribution < -0.4 is 5.32 Å². The molecule has 3 nitrogen and oxygen atoms in total. The van der Waals surface area contributed by atoms with Crippen LogP contribution in [0.15, 0.2) is 0 Å². The van der Waals surface area contributed by atoms with Crippen LogP contribution in [0.4, 0.5) is 0 Å². The van der Waals surface area contributed by atoms with Crippen molar-refractivity contribution < 1.29 is 4.74 Å². The van der Waals surface area contributed by atoms with Crippen LogP contribution >= 0.6 is 0 Å². The molecule has 18 heavy (non-hydrogen) atoms. The van der Waals surface area contributed by atoms with Gasteiger partial charge in [0.25, 0.3) is 0 Å². The zero-order valence-corrected chi connectivity index (χ0v) is 12.4. The normalized spacial score (nSPS) is 24.2. The molecule has 1 heterocycles. The van der Waals surface area contributed by atoms with Crippen molar-refractivity contribution in [3.8, 4) is 0 Å². The molecule has 1 atom stereocenters. The van der Waals surface area contributed by atoms with Crippen LogP contribution in [0.3, 0.4) is 0 Å². The molecule has 0 amide bonds. The van der Waals surface area contributed by atoms with Crippen molar-refractivity contribution in [2.24, 2.45) is 5.92 Å². The van der Waals surface area contributed by atoms with Crippen molar-refractivity contribution in [2.45, 2.75) is 58.0 Å². The Morgan fingerprint density at radius 1 is 1.28 bits per heavy atom. The highest BCUT2D eigenvalue weighted by molar-refractivity contribution is 4.95. The predicted octanol–water partition coefficient (Wildman–Crippen LogP) is 2.27. The van der Waals surface area contributed by atoms with Crippen LogP contribution in [0, 0.1) is 5.92 Å². The zero-order valence-electron chi connectivity index (χ0n) is 12.4. The summed E-state index contributed by atoms with van der Waals surface area (Å²) in [7, 11) is 0. The van der Waals surface area contributed by atoms with E-state index in [-0.39, 0.29) is 5.54 Å². The minimum atomic E-state index is 0.245. The molecule has 1 N–H and O–H groups in total. The second kappa shape index (κ2) is 6.36. The molecule has 106 valence electrons. The molecule has 0 radical (unpaired) electrons. The zero-order chi connectivity index (χ0) is 13.0. The maximum Gasteiger partial charge on any atom is 0.0594 e. The van der Waals surface area contributed by atoms with E-state index in [0.717, 1.165) is 38.8 Å². The molecule has 0 aromatic rings. The second-order valence-corrected chi connectivity index (χ2v) is 6.38. The Kier molecular flexibility index (Phi) is 5.05. The van der Waals surface area contributed by atoms with E-state index in [0.29, 0.717) is 6.04 Å². The van der Waals surface area contributed by atoms with Crippen LogP contribution in [0.1, 0.15) is 46.5 Å². The van der Waals surface area contributed by atoms with Gasteiger partial charge in [-0.15, -0.1) is 0 Å². The van der Waals surface area contributed by atoms with E-state index in [4.69, 9.17) is 4.74 Å². The van der Waals surface area contributed by atoms with Gasteiger partial charge in [0.15, 0.2) is 0 Å². The van der Waals surface area contributed by atoms with Gasteiger partial charge < -0.3 is 10.1 Å². The summed E-state index contributed by atoms with van der Waals surface area (Å²) in [6.45, 7) is 12.0. The van der Waals surface area contributed by atoms with Gasteiger partial charge in [0.05, 0.1) is 13.2 Å². The smallest absolute Gasteiger partial charge is 0.0594 e. The fourth-order valence-corrected chi connectivity index (χ4v) is 3.12. The third-order valence-electron chi connectivity index (χ3n) is 4.69. The first-order chi connectivity index (χ1) is 8.64. The lowest BCUT2D eigenvalue weighted by Gasteiger charge is -2.46. The van der Waals surface area contributed by atoms with Crippen molar-refractivity contribution in [1.29, 1.82) is 0 Å². The SMILES string of the molecule is CCNC(CCC1CC1)C(C)(C)N1CCOCC1. The van der Waals surface area contributed by atoms with Crippen molar-refractivity contribution in [3.05, 3.63) is 0 Å². The Balaban J connectivity index is 1.91. The summed E-state index contributed by atoms with van der Waals surface area (Å²) in [5, 5.41) is 3.72. The third-order valence-corrected chi connectivity index (χ3v) is 4.69. The van der Waals surface area contributed by atoms with Gasteiger partial charge in [0, 0.05) is 24.7 Å². The number of likely N-dealkylation sites (N-methyl/N-ethyl adjacent to an activating group) is 1. The number of nitrogens with zero attached hydrogens (tertiary/aromatic N) is 1. The highest BCUT2D eigenvalue weighted by Crippen LogP contribution is 2.35. The molecule has 1 aliphatic heterocycles. The number of nitrogens with one attached hydrogen (secondary N) is 1. The standard InChI is InChI=1S/C15H30N2O/c1-4-16-14(8-7-13-5-6-13)15(2,3)17-9-11-18-12-10-17/h13-14,16H,4-12H2,1-3H3. The number of hydrogen-bond acceptors (Lipinski definition) is 3. The van der Waals surface area contributed by atoms with Crippen LogP contribution in [-0.4, -0.2) is 49.3 Å². The molecule has 2 fully saturated rings. The topological polar surface area (TPSA) is 24.5 Å². The summed E-state index contributed by atoms with van der Waals surface area (Å²) >= 11 is 0. The number of morpholine rings is 1. The van der Waals surface area contributed by atoms with Crippen molar-refractivity contribution >= 4 is 0 Å². The maximum atomic E-state index is 5.48. The minimum absolute atomic E-state index is 0.245. The monoisotopic (exact) mass is 254 g/mol. The van der Waals surface area contributed by atoms with E-state index in [1.54, 1.807) is 0 Å². The second-order valence-electron chi connectivity index (χ2n) is 6.38. The van der Waals surface area contributed by atoms with Gasteiger partial charge in [-0.3, -0.25) is 4.90 Å². The van der Waals surface area contributed by atoms with E-state index in [1.807, 2.05) is 0 Å². The molecule has 1 saturated heterocycles. The summed E-state index contributed by atoms with van der Waals surface area (Å²) in [6.07, 6.45) is 5.67. The van der Waals surface area contributed by atoms with Crippen LogP contribution in [-0.2, 0) is 4.74 Å². The Bertz CT molecular complexity index is 245. The van der Waals surface area contributed by atoms with Crippen molar-refractivity contribution in [1.82, 2.24) is 10.2 Å². The Morgan fingerprint density at radius 2 is 1.94 bits per heavy atom. The van der Waals surface area contributed by atoms with Gasteiger partial charge >= 0.3 is 0 Å². The Hall–Kier alpha value is -0.120. The largest absolute Gasteiger partial charge is 0.379 e. The van der Waals surface area contributed by atoms with Crippen LogP contribution in [0.5, 0.6) is 0 Å². The van der Waals surface area contributed by atoms with Gasteiger partial charge in [0.2, 0.25) is 0 Å². The van der Waals surface area contributed by atoms with Crippen LogP contribution in [0.25, 0.3) is 0 Å². The average Bonchev–Trinajstić information content (AvgIpc) is 3.19. The molecular weight excluding hydrogens is 224 g/mol. The summed E-state index contributed by atoms with van der Waals surface area (Å²) in [6, 6.07) is 0.612. The molecule has 1 unspecified atom stereocenters. The Labute approximate surface area is 112 Å². The maximum absolute atomic E-state index is 5.48. The lowest BCUT2D eigenvalue weighted by Crippen LogP contribution is -2.60. The van der Waals surface area contributed by atoms with Gasteiger partial charge in [-0.2, -0.15) is 0 Å². The molecule has 0 aromatic carbocycles. The molecule has 0 bridgehead atoms.